The summed E-state index contributed by atoms with van der Waals surface area (Å²) < 4.78 is 1.68. The van der Waals surface area contributed by atoms with Crippen LogP contribution in [0.4, 0.5) is 0 Å². The molecule has 5 heteroatoms. The van der Waals surface area contributed by atoms with Crippen molar-refractivity contribution < 1.29 is 0 Å². The number of aromatic amines is 1. The molecule has 3 rings (SSSR count). The predicted molar refractivity (Wildman–Crippen MR) is 96.2 cm³/mol. The zero-order valence-corrected chi connectivity index (χ0v) is 14.1. The highest BCUT2D eigenvalue weighted by Crippen LogP contribution is 2.19. The lowest BCUT2D eigenvalue weighted by Crippen LogP contribution is -2.21. The van der Waals surface area contributed by atoms with E-state index in [2.05, 4.69) is 34.0 Å². The second-order valence-electron chi connectivity index (χ2n) is 5.88. The van der Waals surface area contributed by atoms with Crippen LogP contribution in [0.5, 0.6) is 0 Å². The summed E-state index contributed by atoms with van der Waals surface area (Å²) in [5.41, 5.74) is 2.89. The van der Waals surface area contributed by atoms with Crippen LogP contribution in [0.25, 0.3) is 11.3 Å². The molecule has 5 nitrogen and oxygen atoms in total. The van der Waals surface area contributed by atoms with E-state index >= 15 is 0 Å². The number of nitrogens with one attached hydrogen (secondary N) is 1. The first-order chi connectivity index (χ1) is 11.7. The van der Waals surface area contributed by atoms with Crippen molar-refractivity contribution >= 4 is 11.3 Å². The maximum Gasteiger partial charge on any atom is 0.329 e. The van der Waals surface area contributed by atoms with Crippen molar-refractivity contribution in [2.24, 2.45) is 0 Å². The number of allylic oxidation sites excluding steroid dienone is 2. The summed E-state index contributed by atoms with van der Waals surface area (Å²) in [6.45, 7) is 4.15. The van der Waals surface area contributed by atoms with Crippen LogP contribution in [0.1, 0.15) is 44.0 Å². The molecule has 0 saturated heterocycles. The molecule has 0 fully saturated rings. The molecule has 1 atom stereocenters. The number of fused-ring (bicyclic) bond motifs is 1. The molecule has 0 spiro atoms. The molecular weight excluding hydrogens is 300 g/mol. The van der Waals surface area contributed by atoms with Gasteiger partial charge in [-0.1, -0.05) is 55.8 Å². The molecule has 0 amide bonds. The number of H-pyrrole nitrogens is 1. The molecule has 0 aliphatic rings. The van der Waals surface area contributed by atoms with Crippen molar-refractivity contribution in [2.75, 3.05) is 0 Å². The number of hydrogen-bond donors (Lipinski definition) is 1. The van der Waals surface area contributed by atoms with Crippen LogP contribution in [0.2, 0.25) is 0 Å². The second kappa shape index (κ2) is 7.25. The summed E-state index contributed by atoms with van der Waals surface area (Å²) in [5, 5.41) is 0. The van der Waals surface area contributed by atoms with Crippen molar-refractivity contribution in [1.82, 2.24) is 19.5 Å². The zero-order valence-electron chi connectivity index (χ0n) is 14.1. The van der Waals surface area contributed by atoms with Gasteiger partial charge in [-0.25, -0.2) is 14.8 Å². The lowest BCUT2D eigenvalue weighted by molar-refractivity contribution is 0.630. The summed E-state index contributed by atoms with van der Waals surface area (Å²) in [6.07, 6.45) is 8.91. The highest BCUT2D eigenvalue weighted by molar-refractivity contribution is 5.65. The Kier molecular flexibility index (Phi) is 4.89. The normalized spacial score (nSPS) is 12.9. The Morgan fingerprint density at radius 3 is 2.79 bits per heavy atom. The molecule has 1 aromatic carbocycles. The SMILES string of the molecule is CCCC=CCc1cnc2[nH]c(=O)n([C@@H](C)c3ccccc3)c2n1. The van der Waals surface area contributed by atoms with Crippen LogP contribution in [0.3, 0.4) is 0 Å². The van der Waals surface area contributed by atoms with Crippen molar-refractivity contribution in [2.45, 2.75) is 39.2 Å². The summed E-state index contributed by atoms with van der Waals surface area (Å²) in [4.78, 5) is 24.2. The van der Waals surface area contributed by atoms with Crippen LogP contribution in [-0.2, 0) is 6.42 Å². The molecule has 0 bridgehead atoms. The van der Waals surface area contributed by atoms with Crippen molar-refractivity contribution in [1.29, 1.82) is 0 Å². The van der Waals surface area contributed by atoms with Crippen LogP contribution in [0.15, 0.2) is 53.5 Å². The summed E-state index contributed by atoms with van der Waals surface area (Å²) in [6, 6.07) is 9.84. The van der Waals surface area contributed by atoms with Gasteiger partial charge in [-0.2, -0.15) is 0 Å². The molecule has 1 N–H and O–H groups in total. The quantitative estimate of drug-likeness (QED) is 0.705. The van der Waals surface area contributed by atoms with Gasteiger partial charge in [0.15, 0.2) is 11.3 Å². The molecule has 0 aliphatic heterocycles. The lowest BCUT2D eigenvalue weighted by Gasteiger charge is -2.13. The van der Waals surface area contributed by atoms with E-state index in [0.717, 1.165) is 30.5 Å². The van der Waals surface area contributed by atoms with Gasteiger partial charge < -0.3 is 0 Å². The maximum atomic E-state index is 12.4. The minimum absolute atomic E-state index is 0.104. The number of nitrogens with zero attached hydrogens (tertiary/aromatic N) is 3. The molecule has 0 unspecified atom stereocenters. The monoisotopic (exact) mass is 322 g/mol. The van der Waals surface area contributed by atoms with Crippen LogP contribution in [0, 0.1) is 0 Å². The standard InChI is InChI=1S/C19H22N4O/c1-3-4-5-9-12-16-13-20-17-18(21-16)23(19(24)22-17)14(2)15-10-7-6-8-11-15/h5-11,13-14H,3-4,12H2,1-2H3,(H,20,22,24)/t14-/m0/s1. The minimum Gasteiger partial charge on any atom is -0.289 e. The molecule has 0 radical (unpaired) electrons. The van der Waals surface area contributed by atoms with Gasteiger partial charge in [-0.3, -0.25) is 9.55 Å². The first-order valence-electron chi connectivity index (χ1n) is 8.36. The van der Waals surface area contributed by atoms with E-state index in [1.807, 2.05) is 37.3 Å². The summed E-state index contributed by atoms with van der Waals surface area (Å²) >= 11 is 0. The molecule has 3 aromatic rings. The smallest absolute Gasteiger partial charge is 0.289 e. The van der Waals surface area contributed by atoms with E-state index in [1.54, 1.807) is 10.8 Å². The van der Waals surface area contributed by atoms with Crippen molar-refractivity contribution in [3.05, 3.63) is 70.4 Å². The molecule has 2 aromatic heterocycles. The largest absolute Gasteiger partial charge is 0.329 e. The van der Waals surface area contributed by atoms with E-state index in [9.17, 15) is 4.79 Å². The fourth-order valence-electron chi connectivity index (χ4n) is 2.76. The van der Waals surface area contributed by atoms with Gasteiger partial charge in [0.25, 0.3) is 0 Å². The topological polar surface area (TPSA) is 63.6 Å². The molecule has 0 aliphatic carbocycles. The van der Waals surface area contributed by atoms with Gasteiger partial charge in [0, 0.05) is 6.42 Å². The average Bonchev–Trinajstić information content (AvgIpc) is 2.94. The van der Waals surface area contributed by atoms with E-state index < -0.39 is 0 Å². The van der Waals surface area contributed by atoms with Crippen LogP contribution < -0.4 is 5.69 Å². The third kappa shape index (κ3) is 3.30. The molecule has 0 saturated carbocycles. The van der Waals surface area contributed by atoms with Gasteiger partial charge in [0.05, 0.1) is 17.9 Å². The average molecular weight is 322 g/mol. The third-order valence-electron chi connectivity index (χ3n) is 4.09. The van der Waals surface area contributed by atoms with E-state index in [-0.39, 0.29) is 11.7 Å². The summed E-state index contributed by atoms with van der Waals surface area (Å²) in [7, 11) is 0. The van der Waals surface area contributed by atoms with Crippen molar-refractivity contribution in [3.8, 4) is 0 Å². The van der Waals surface area contributed by atoms with Crippen LogP contribution in [-0.4, -0.2) is 19.5 Å². The highest BCUT2D eigenvalue weighted by atomic mass is 16.1. The molecule has 24 heavy (non-hydrogen) atoms. The number of benzene rings is 1. The van der Waals surface area contributed by atoms with E-state index in [1.165, 1.54) is 0 Å². The number of aromatic nitrogens is 4. The fraction of sp³-hybridized carbons (Fsp3) is 0.316. The predicted octanol–water partition coefficient (Wildman–Crippen LogP) is 3.63. The Labute approximate surface area is 141 Å². The van der Waals surface area contributed by atoms with Crippen LogP contribution >= 0.6 is 0 Å². The molecule has 2 heterocycles. The number of unbranched alkanes of at least 4 members (excludes halogenated alkanes) is 1. The van der Waals surface area contributed by atoms with Gasteiger partial charge in [-0.15, -0.1) is 0 Å². The highest BCUT2D eigenvalue weighted by Gasteiger charge is 2.16. The van der Waals surface area contributed by atoms with E-state index in [4.69, 9.17) is 0 Å². The van der Waals surface area contributed by atoms with E-state index in [0.29, 0.717) is 11.3 Å². The maximum absolute atomic E-state index is 12.4. The van der Waals surface area contributed by atoms with Gasteiger partial charge in [0.2, 0.25) is 0 Å². The molecular formula is C19H22N4O. The minimum atomic E-state index is -0.181. The van der Waals surface area contributed by atoms with Crippen molar-refractivity contribution in [3.63, 3.8) is 0 Å². The Bertz CT molecular complexity index is 893. The van der Waals surface area contributed by atoms with Gasteiger partial charge in [-0.05, 0) is 18.9 Å². The fourth-order valence-corrected chi connectivity index (χ4v) is 2.76. The van der Waals surface area contributed by atoms with Gasteiger partial charge in [0.1, 0.15) is 0 Å². The number of hydrogen-bond acceptors (Lipinski definition) is 3. The zero-order chi connectivity index (χ0) is 16.9. The lowest BCUT2D eigenvalue weighted by atomic mass is 10.1. The Hall–Kier alpha value is -2.69. The Morgan fingerprint density at radius 2 is 2.04 bits per heavy atom. The Morgan fingerprint density at radius 1 is 1.25 bits per heavy atom. The summed E-state index contributed by atoms with van der Waals surface area (Å²) in [5.74, 6) is 0. The second-order valence-corrected chi connectivity index (χ2v) is 5.88. The number of imidazole rings is 1. The molecule has 124 valence electrons. The first-order valence-corrected chi connectivity index (χ1v) is 8.36. The number of rotatable bonds is 6. The first kappa shape index (κ1) is 16.2. The Balaban J connectivity index is 1.98. The third-order valence-corrected chi connectivity index (χ3v) is 4.09. The van der Waals surface area contributed by atoms with Gasteiger partial charge >= 0.3 is 5.69 Å².